The monoisotopic (exact) mass is 240 g/mol. The van der Waals surface area contributed by atoms with Gasteiger partial charge in [0.1, 0.15) is 0 Å². The Bertz CT molecular complexity index is 294. The second kappa shape index (κ2) is 5.49. The lowest BCUT2D eigenvalue weighted by atomic mass is 9.95. The van der Waals surface area contributed by atoms with Crippen molar-refractivity contribution in [2.75, 3.05) is 32.8 Å². The number of amides is 2. The van der Waals surface area contributed by atoms with Crippen molar-refractivity contribution in [1.82, 2.24) is 10.2 Å². The molecule has 2 amide bonds. The fourth-order valence-corrected chi connectivity index (χ4v) is 2.25. The summed E-state index contributed by atoms with van der Waals surface area (Å²) in [6.07, 6.45) is 1.57. The third kappa shape index (κ3) is 3.19. The summed E-state index contributed by atoms with van der Waals surface area (Å²) >= 11 is 0. The Hall–Kier alpha value is -1.10. The molecule has 0 radical (unpaired) electrons. The number of piperidine rings is 1. The molecule has 0 aliphatic carbocycles. The van der Waals surface area contributed by atoms with Crippen molar-refractivity contribution < 1.29 is 14.3 Å². The zero-order valence-electron chi connectivity index (χ0n) is 10.3. The van der Waals surface area contributed by atoms with Crippen LogP contribution in [0.1, 0.15) is 19.8 Å². The van der Waals surface area contributed by atoms with E-state index in [1.54, 1.807) is 6.92 Å². The minimum Gasteiger partial charge on any atom is -0.381 e. The van der Waals surface area contributed by atoms with Gasteiger partial charge in [0.15, 0.2) is 0 Å². The highest BCUT2D eigenvalue weighted by Gasteiger charge is 2.27. The summed E-state index contributed by atoms with van der Waals surface area (Å²) in [4.78, 5) is 24.8. The smallest absolute Gasteiger partial charge is 0.223 e. The second-order valence-corrected chi connectivity index (χ2v) is 4.93. The van der Waals surface area contributed by atoms with E-state index in [0.717, 1.165) is 32.6 Å². The van der Waals surface area contributed by atoms with Crippen LogP contribution in [0.25, 0.3) is 0 Å². The average molecular weight is 240 g/mol. The maximum absolute atomic E-state index is 11.9. The molecule has 2 rings (SSSR count). The molecular weight excluding hydrogens is 220 g/mol. The van der Waals surface area contributed by atoms with Crippen molar-refractivity contribution in [3.05, 3.63) is 0 Å². The van der Waals surface area contributed by atoms with Crippen LogP contribution in [0.5, 0.6) is 0 Å². The van der Waals surface area contributed by atoms with Gasteiger partial charge < -0.3 is 15.0 Å². The predicted molar refractivity (Wildman–Crippen MR) is 62.3 cm³/mol. The molecule has 0 atom stereocenters. The highest BCUT2D eigenvalue weighted by Crippen LogP contribution is 2.17. The van der Waals surface area contributed by atoms with Crippen molar-refractivity contribution in [2.45, 2.75) is 19.8 Å². The number of carbonyl (C=O) groups is 2. The topological polar surface area (TPSA) is 58.6 Å². The van der Waals surface area contributed by atoms with Crippen molar-refractivity contribution in [2.24, 2.45) is 11.8 Å². The summed E-state index contributed by atoms with van der Waals surface area (Å²) < 4.78 is 5.06. The fraction of sp³-hybridized carbons (Fsp3) is 0.833. The first-order valence-corrected chi connectivity index (χ1v) is 6.28. The first-order valence-electron chi connectivity index (χ1n) is 6.28. The summed E-state index contributed by atoms with van der Waals surface area (Å²) in [5.41, 5.74) is 0. The molecule has 5 nitrogen and oxygen atoms in total. The Morgan fingerprint density at radius 3 is 2.41 bits per heavy atom. The molecule has 0 aromatic rings. The quantitative estimate of drug-likeness (QED) is 0.756. The molecule has 2 aliphatic heterocycles. The molecule has 96 valence electrons. The Labute approximate surface area is 101 Å². The van der Waals surface area contributed by atoms with Gasteiger partial charge >= 0.3 is 0 Å². The Morgan fingerprint density at radius 1 is 1.29 bits per heavy atom. The lowest BCUT2D eigenvalue weighted by molar-refractivity contribution is -0.134. The van der Waals surface area contributed by atoms with Crippen molar-refractivity contribution in [3.63, 3.8) is 0 Å². The standard InChI is InChI=1S/C12H20N2O3/c1-9(15)14-4-2-11(3-5-14)12(16)13-6-10-7-17-8-10/h10-11H,2-8H2,1H3,(H,13,16). The van der Waals surface area contributed by atoms with Crippen LogP contribution >= 0.6 is 0 Å². The Kier molecular flexibility index (Phi) is 3.99. The number of hydrogen-bond acceptors (Lipinski definition) is 3. The van der Waals surface area contributed by atoms with Crippen LogP contribution < -0.4 is 5.32 Å². The highest BCUT2D eigenvalue weighted by molar-refractivity contribution is 5.79. The molecule has 0 aromatic carbocycles. The van der Waals surface area contributed by atoms with Crippen LogP contribution in [0, 0.1) is 11.8 Å². The predicted octanol–water partition coefficient (Wildman–Crippen LogP) is 0.00750. The van der Waals surface area contributed by atoms with Crippen molar-refractivity contribution in [1.29, 1.82) is 0 Å². The van der Waals surface area contributed by atoms with Gasteiger partial charge in [0.2, 0.25) is 11.8 Å². The highest BCUT2D eigenvalue weighted by atomic mass is 16.5. The van der Waals surface area contributed by atoms with Gasteiger partial charge in [0, 0.05) is 38.4 Å². The minimum absolute atomic E-state index is 0.0756. The molecule has 0 saturated carbocycles. The van der Waals surface area contributed by atoms with Gasteiger partial charge in [0.05, 0.1) is 13.2 Å². The summed E-state index contributed by atoms with van der Waals surface area (Å²) in [7, 11) is 0. The molecule has 0 unspecified atom stereocenters. The van der Waals surface area contributed by atoms with E-state index >= 15 is 0 Å². The van der Waals surface area contributed by atoms with Crippen LogP contribution in [0.2, 0.25) is 0 Å². The normalized spacial score (nSPS) is 22.1. The van der Waals surface area contributed by atoms with Crippen LogP contribution in [0.3, 0.4) is 0 Å². The van der Waals surface area contributed by atoms with E-state index in [2.05, 4.69) is 5.32 Å². The van der Waals surface area contributed by atoms with E-state index in [0.29, 0.717) is 19.0 Å². The van der Waals surface area contributed by atoms with Crippen LogP contribution in [-0.2, 0) is 14.3 Å². The van der Waals surface area contributed by atoms with Gasteiger partial charge in [-0.1, -0.05) is 0 Å². The number of rotatable bonds is 3. The minimum atomic E-state index is 0.0756. The number of nitrogens with one attached hydrogen (secondary N) is 1. The molecular formula is C12H20N2O3. The van der Waals surface area contributed by atoms with Crippen LogP contribution in [-0.4, -0.2) is 49.6 Å². The molecule has 1 N–H and O–H groups in total. The van der Waals surface area contributed by atoms with E-state index in [4.69, 9.17) is 4.74 Å². The van der Waals surface area contributed by atoms with E-state index in [-0.39, 0.29) is 17.7 Å². The molecule has 17 heavy (non-hydrogen) atoms. The lowest BCUT2D eigenvalue weighted by Gasteiger charge is -2.31. The van der Waals surface area contributed by atoms with E-state index in [1.807, 2.05) is 4.90 Å². The van der Waals surface area contributed by atoms with E-state index < -0.39 is 0 Å². The van der Waals surface area contributed by atoms with Gasteiger partial charge in [0.25, 0.3) is 0 Å². The summed E-state index contributed by atoms with van der Waals surface area (Å²) in [5.74, 6) is 0.818. The average Bonchev–Trinajstić information content (AvgIpc) is 2.27. The number of ether oxygens (including phenoxy) is 1. The van der Waals surface area contributed by atoms with Crippen molar-refractivity contribution >= 4 is 11.8 Å². The second-order valence-electron chi connectivity index (χ2n) is 4.93. The van der Waals surface area contributed by atoms with E-state index in [1.165, 1.54) is 0 Å². The summed E-state index contributed by atoms with van der Waals surface area (Å²) in [6, 6.07) is 0. The molecule has 2 saturated heterocycles. The lowest BCUT2D eigenvalue weighted by Crippen LogP contribution is -2.45. The summed E-state index contributed by atoms with van der Waals surface area (Å²) in [5, 5.41) is 2.98. The zero-order chi connectivity index (χ0) is 12.3. The van der Waals surface area contributed by atoms with Gasteiger partial charge in [-0.25, -0.2) is 0 Å². The Balaban J connectivity index is 1.68. The number of likely N-dealkylation sites (tertiary alicyclic amines) is 1. The van der Waals surface area contributed by atoms with Gasteiger partial charge in [-0.3, -0.25) is 9.59 Å². The number of hydrogen-bond donors (Lipinski definition) is 1. The number of carbonyl (C=O) groups excluding carboxylic acids is 2. The van der Waals surface area contributed by atoms with Crippen molar-refractivity contribution in [3.8, 4) is 0 Å². The number of nitrogens with zero attached hydrogens (tertiary/aromatic N) is 1. The first-order chi connectivity index (χ1) is 8.16. The molecule has 0 bridgehead atoms. The third-order valence-electron chi connectivity index (χ3n) is 3.58. The van der Waals surface area contributed by atoms with E-state index in [9.17, 15) is 9.59 Å². The molecule has 2 aliphatic rings. The maximum Gasteiger partial charge on any atom is 0.223 e. The van der Waals surface area contributed by atoms with Gasteiger partial charge in [-0.15, -0.1) is 0 Å². The SMILES string of the molecule is CC(=O)N1CCC(C(=O)NCC2COC2)CC1. The molecule has 2 fully saturated rings. The molecule has 5 heteroatoms. The van der Waals surface area contributed by atoms with Crippen LogP contribution in [0.4, 0.5) is 0 Å². The maximum atomic E-state index is 11.9. The largest absolute Gasteiger partial charge is 0.381 e. The molecule has 0 spiro atoms. The third-order valence-corrected chi connectivity index (χ3v) is 3.58. The first kappa shape index (κ1) is 12.4. The molecule has 2 heterocycles. The van der Waals surface area contributed by atoms with Gasteiger partial charge in [-0.2, -0.15) is 0 Å². The fourth-order valence-electron chi connectivity index (χ4n) is 2.25. The van der Waals surface area contributed by atoms with Crippen LogP contribution in [0.15, 0.2) is 0 Å². The molecule has 0 aromatic heterocycles. The Morgan fingerprint density at radius 2 is 1.94 bits per heavy atom. The zero-order valence-corrected chi connectivity index (χ0v) is 10.3. The summed E-state index contributed by atoms with van der Waals surface area (Å²) in [6.45, 7) is 5.26. The van der Waals surface area contributed by atoms with Gasteiger partial charge in [-0.05, 0) is 12.8 Å².